The van der Waals surface area contributed by atoms with Gasteiger partial charge < -0.3 is 10.1 Å². The van der Waals surface area contributed by atoms with Gasteiger partial charge in [0, 0.05) is 37.5 Å². The van der Waals surface area contributed by atoms with E-state index in [-0.39, 0.29) is 29.9 Å². The summed E-state index contributed by atoms with van der Waals surface area (Å²) in [4.78, 5) is 26.7. The third-order valence-electron chi connectivity index (χ3n) is 6.58. The van der Waals surface area contributed by atoms with Crippen LogP contribution in [-0.4, -0.2) is 42.0 Å². The first-order valence-corrected chi connectivity index (χ1v) is 9.86. The number of anilines is 1. The van der Waals surface area contributed by atoms with Crippen LogP contribution in [0.2, 0.25) is 0 Å². The van der Waals surface area contributed by atoms with Gasteiger partial charge in [0.25, 0.3) is 0 Å². The highest BCUT2D eigenvalue weighted by molar-refractivity contribution is 5.94. The van der Waals surface area contributed by atoms with Gasteiger partial charge in [-0.1, -0.05) is 31.5 Å². The van der Waals surface area contributed by atoms with E-state index in [0.29, 0.717) is 12.3 Å². The Morgan fingerprint density at radius 2 is 2.19 bits per heavy atom. The standard InChI is InChI=1S/C21H28N2O3/c1-3-14-12-23-9-8-15(14)10-19(23)21(26-13(2)24)17-11-20(25)22-18-7-5-4-6-16(17)18/h4-7,14-15,17,19,21H,3,8-12H2,1-2H3,(H,22,25). The number of nitrogens with one attached hydrogen (secondary N) is 1. The van der Waals surface area contributed by atoms with Gasteiger partial charge in [-0.25, -0.2) is 0 Å². The summed E-state index contributed by atoms with van der Waals surface area (Å²) in [6, 6.07) is 8.13. The van der Waals surface area contributed by atoms with Gasteiger partial charge in [0.1, 0.15) is 6.10 Å². The molecule has 0 spiro atoms. The van der Waals surface area contributed by atoms with Crippen molar-refractivity contribution in [1.29, 1.82) is 0 Å². The van der Waals surface area contributed by atoms with Gasteiger partial charge in [0.05, 0.1) is 0 Å². The third-order valence-corrected chi connectivity index (χ3v) is 6.58. The molecule has 4 heterocycles. The molecule has 26 heavy (non-hydrogen) atoms. The number of fused-ring (bicyclic) bond motifs is 4. The summed E-state index contributed by atoms with van der Waals surface area (Å²) in [6.07, 6.45) is 3.63. The van der Waals surface area contributed by atoms with Crippen LogP contribution >= 0.6 is 0 Å². The second-order valence-corrected chi connectivity index (χ2v) is 8.04. The van der Waals surface area contributed by atoms with E-state index in [1.807, 2.05) is 18.2 Å². The van der Waals surface area contributed by atoms with Crippen LogP contribution in [0.4, 0.5) is 5.69 Å². The maximum Gasteiger partial charge on any atom is 0.302 e. The molecule has 0 saturated carbocycles. The largest absolute Gasteiger partial charge is 0.460 e. The average molecular weight is 356 g/mol. The minimum Gasteiger partial charge on any atom is -0.460 e. The Labute approximate surface area is 155 Å². The van der Waals surface area contributed by atoms with Crippen molar-refractivity contribution in [3.63, 3.8) is 0 Å². The molecule has 0 aliphatic carbocycles. The van der Waals surface area contributed by atoms with Crippen LogP contribution in [0, 0.1) is 11.8 Å². The van der Waals surface area contributed by atoms with Crippen molar-refractivity contribution >= 4 is 17.6 Å². The minimum absolute atomic E-state index is 0.00764. The van der Waals surface area contributed by atoms with Crippen molar-refractivity contribution in [1.82, 2.24) is 4.90 Å². The Hall–Kier alpha value is -1.88. The van der Waals surface area contributed by atoms with Crippen molar-refractivity contribution in [2.45, 2.75) is 57.6 Å². The zero-order valence-corrected chi connectivity index (χ0v) is 15.6. The molecule has 1 amide bonds. The first kappa shape index (κ1) is 17.5. The molecule has 1 aromatic rings. The Bertz CT molecular complexity index is 704. The zero-order chi connectivity index (χ0) is 18.3. The maximum absolute atomic E-state index is 12.3. The molecular formula is C21H28N2O3. The minimum atomic E-state index is -0.264. The van der Waals surface area contributed by atoms with Crippen molar-refractivity contribution < 1.29 is 14.3 Å². The molecule has 1 N–H and O–H groups in total. The van der Waals surface area contributed by atoms with E-state index in [4.69, 9.17) is 4.74 Å². The number of hydrogen-bond donors (Lipinski definition) is 1. The molecule has 1 aromatic carbocycles. The predicted octanol–water partition coefficient (Wildman–Crippen LogP) is 3.16. The summed E-state index contributed by atoms with van der Waals surface area (Å²) >= 11 is 0. The highest BCUT2D eigenvalue weighted by atomic mass is 16.5. The number of esters is 1. The van der Waals surface area contributed by atoms with Gasteiger partial charge in [-0.2, -0.15) is 0 Å². The van der Waals surface area contributed by atoms with Crippen LogP contribution in [0.5, 0.6) is 0 Å². The van der Waals surface area contributed by atoms with E-state index in [1.54, 1.807) is 0 Å². The fraction of sp³-hybridized carbons (Fsp3) is 0.619. The normalized spacial score (nSPS) is 33.9. The van der Waals surface area contributed by atoms with Crippen LogP contribution in [0.25, 0.3) is 0 Å². The fourth-order valence-electron chi connectivity index (χ4n) is 5.34. The molecule has 3 fully saturated rings. The number of hydrogen-bond acceptors (Lipinski definition) is 4. The number of amides is 1. The molecule has 6 atom stereocenters. The summed E-state index contributed by atoms with van der Waals surface area (Å²) in [5.41, 5.74) is 1.95. The third kappa shape index (κ3) is 3.13. The molecule has 4 aliphatic heterocycles. The van der Waals surface area contributed by atoms with Gasteiger partial charge in [0.2, 0.25) is 5.91 Å². The number of ether oxygens (including phenoxy) is 1. The molecule has 0 radical (unpaired) electrons. The number of nitrogens with zero attached hydrogens (tertiary/aromatic N) is 1. The molecule has 6 unspecified atom stereocenters. The van der Waals surface area contributed by atoms with E-state index in [2.05, 4.69) is 23.2 Å². The Balaban J connectivity index is 1.66. The molecule has 5 heteroatoms. The first-order chi connectivity index (χ1) is 12.6. The molecule has 5 rings (SSSR count). The molecule has 3 saturated heterocycles. The summed E-state index contributed by atoms with van der Waals surface area (Å²) < 4.78 is 5.90. The smallest absolute Gasteiger partial charge is 0.302 e. The van der Waals surface area contributed by atoms with E-state index < -0.39 is 0 Å². The average Bonchev–Trinajstić information content (AvgIpc) is 2.65. The Kier molecular flexibility index (Phi) is 4.74. The quantitative estimate of drug-likeness (QED) is 0.842. The second kappa shape index (κ2) is 7.03. The fourth-order valence-corrected chi connectivity index (χ4v) is 5.34. The van der Waals surface area contributed by atoms with Crippen molar-refractivity contribution in [2.75, 3.05) is 18.4 Å². The van der Waals surface area contributed by atoms with Crippen LogP contribution in [0.1, 0.15) is 51.0 Å². The Morgan fingerprint density at radius 3 is 2.88 bits per heavy atom. The van der Waals surface area contributed by atoms with Crippen LogP contribution in [0.3, 0.4) is 0 Å². The number of carbonyl (C=O) groups excluding carboxylic acids is 2. The van der Waals surface area contributed by atoms with Crippen molar-refractivity contribution in [3.05, 3.63) is 29.8 Å². The van der Waals surface area contributed by atoms with E-state index in [1.165, 1.54) is 19.8 Å². The van der Waals surface area contributed by atoms with E-state index in [9.17, 15) is 9.59 Å². The predicted molar refractivity (Wildman–Crippen MR) is 99.8 cm³/mol. The SMILES string of the molecule is CCC1CN2CCC1CC2C(OC(C)=O)C1CC(=O)Nc2ccccc21. The summed E-state index contributed by atoms with van der Waals surface area (Å²) in [6.45, 7) is 5.91. The lowest BCUT2D eigenvalue weighted by atomic mass is 9.70. The van der Waals surface area contributed by atoms with Gasteiger partial charge in [-0.15, -0.1) is 0 Å². The topological polar surface area (TPSA) is 58.6 Å². The molecule has 2 bridgehead atoms. The summed E-state index contributed by atoms with van der Waals surface area (Å²) in [5, 5.41) is 2.96. The highest BCUT2D eigenvalue weighted by Crippen LogP contribution is 2.44. The number of benzene rings is 1. The lowest BCUT2D eigenvalue weighted by Gasteiger charge is -2.53. The van der Waals surface area contributed by atoms with Gasteiger partial charge >= 0.3 is 5.97 Å². The summed E-state index contributed by atoms with van der Waals surface area (Å²) in [5.74, 6) is 1.13. The van der Waals surface area contributed by atoms with Gasteiger partial charge in [-0.3, -0.25) is 14.5 Å². The van der Waals surface area contributed by atoms with E-state index >= 15 is 0 Å². The lowest BCUT2D eigenvalue weighted by Crippen LogP contribution is -2.59. The van der Waals surface area contributed by atoms with Crippen molar-refractivity contribution in [3.8, 4) is 0 Å². The number of carbonyl (C=O) groups is 2. The highest BCUT2D eigenvalue weighted by Gasteiger charge is 2.47. The molecule has 5 nitrogen and oxygen atoms in total. The van der Waals surface area contributed by atoms with Crippen LogP contribution in [0.15, 0.2) is 24.3 Å². The number of para-hydroxylation sites is 1. The van der Waals surface area contributed by atoms with Gasteiger partial charge in [-0.05, 0) is 42.9 Å². The van der Waals surface area contributed by atoms with Crippen LogP contribution < -0.4 is 5.32 Å². The summed E-state index contributed by atoms with van der Waals surface area (Å²) in [7, 11) is 0. The number of rotatable bonds is 4. The molecule has 0 aromatic heterocycles. The first-order valence-electron chi connectivity index (χ1n) is 9.86. The molecule has 4 aliphatic rings. The van der Waals surface area contributed by atoms with Gasteiger partial charge in [0.15, 0.2) is 0 Å². The Morgan fingerprint density at radius 1 is 1.38 bits per heavy atom. The van der Waals surface area contributed by atoms with Crippen LogP contribution in [-0.2, 0) is 14.3 Å². The second-order valence-electron chi connectivity index (χ2n) is 8.04. The van der Waals surface area contributed by atoms with E-state index in [0.717, 1.165) is 36.7 Å². The number of piperidine rings is 3. The monoisotopic (exact) mass is 356 g/mol. The lowest BCUT2D eigenvalue weighted by molar-refractivity contribution is -0.157. The molecular weight excluding hydrogens is 328 g/mol. The zero-order valence-electron chi connectivity index (χ0n) is 15.6. The maximum atomic E-state index is 12.3. The van der Waals surface area contributed by atoms with Crippen molar-refractivity contribution in [2.24, 2.45) is 11.8 Å². The molecule has 140 valence electrons.